The van der Waals surface area contributed by atoms with Crippen molar-refractivity contribution in [3.63, 3.8) is 0 Å². The van der Waals surface area contributed by atoms with Crippen LogP contribution in [-0.2, 0) is 12.8 Å². The number of hydrogen-bond acceptors (Lipinski definition) is 2. The zero-order valence-electron chi connectivity index (χ0n) is 11.0. The summed E-state index contributed by atoms with van der Waals surface area (Å²) < 4.78 is 5.00. The molecule has 0 aliphatic carbocycles. The molecule has 2 aromatic rings. The molecule has 0 saturated heterocycles. The smallest absolute Gasteiger partial charge is 0.0935 e. The summed E-state index contributed by atoms with van der Waals surface area (Å²) in [6.07, 6.45) is 4.53. The van der Waals surface area contributed by atoms with Crippen LogP contribution in [-0.4, -0.2) is 5.11 Å². The van der Waals surface area contributed by atoms with Crippen molar-refractivity contribution in [1.82, 2.24) is 0 Å². The van der Waals surface area contributed by atoms with Crippen molar-refractivity contribution in [2.45, 2.75) is 32.8 Å². The van der Waals surface area contributed by atoms with Crippen LogP contribution in [0.2, 0.25) is 0 Å². The second kappa shape index (κ2) is 5.87. The molecule has 0 aliphatic rings. The lowest BCUT2D eigenvalue weighted by molar-refractivity contribution is 0.178. The van der Waals surface area contributed by atoms with E-state index in [0.29, 0.717) is 12.3 Å². The first-order valence-electron chi connectivity index (χ1n) is 6.43. The minimum absolute atomic E-state index is 0.462. The molecule has 2 nitrogen and oxygen atoms in total. The van der Waals surface area contributed by atoms with Crippen molar-refractivity contribution in [2.24, 2.45) is 5.92 Å². The van der Waals surface area contributed by atoms with Crippen LogP contribution in [0.4, 0.5) is 0 Å². The fourth-order valence-corrected chi connectivity index (χ4v) is 2.10. The standard InChI is InChI=1S/C16H20O2/c1-12(2)9-13-3-5-15(6-4-13)16(17)10-14-7-8-18-11-14/h3-8,11-12,16-17H,9-10H2,1-2H3. The van der Waals surface area contributed by atoms with Gasteiger partial charge < -0.3 is 9.52 Å². The molecular formula is C16H20O2. The second-order valence-corrected chi connectivity index (χ2v) is 5.19. The second-order valence-electron chi connectivity index (χ2n) is 5.19. The van der Waals surface area contributed by atoms with Crippen LogP contribution in [0, 0.1) is 5.92 Å². The summed E-state index contributed by atoms with van der Waals surface area (Å²) in [4.78, 5) is 0. The summed E-state index contributed by atoms with van der Waals surface area (Å²) in [7, 11) is 0. The van der Waals surface area contributed by atoms with E-state index in [4.69, 9.17) is 4.42 Å². The summed E-state index contributed by atoms with van der Waals surface area (Å²) in [6.45, 7) is 4.42. The molecule has 1 N–H and O–H groups in total. The van der Waals surface area contributed by atoms with Crippen molar-refractivity contribution in [3.8, 4) is 0 Å². The van der Waals surface area contributed by atoms with Crippen LogP contribution in [0.3, 0.4) is 0 Å². The molecule has 2 heteroatoms. The molecule has 2 rings (SSSR count). The lowest BCUT2D eigenvalue weighted by Gasteiger charge is -2.11. The van der Waals surface area contributed by atoms with Gasteiger partial charge in [-0.1, -0.05) is 38.1 Å². The third-order valence-electron chi connectivity index (χ3n) is 3.02. The molecule has 1 heterocycles. The van der Waals surface area contributed by atoms with E-state index < -0.39 is 6.10 Å². The number of furan rings is 1. The van der Waals surface area contributed by atoms with E-state index in [1.165, 1.54) is 5.56 Å². The van der Waals surface area contributed by atoms with Gasteiger partial charge in [0, 0.05) is 6.42 Å². The SMILES string of the molecule is CC(C)Cc1ccc(C(O)Cc2ccoc2)cc1. The van der Waals surface area contributed by atoms with E-state index in [-0.39, 0.29) is 0 Å². The van der Waals surface area contributed by atoms with Crippen LogP contribution in [0.25, 0.3) is 0 Å². The van der Waals surface area contributed by atoms with E-state index in [1.807, 2.05) is 18.2 Å². The summed E-state index contributed by atoms with van der Waals surface area (Å²) in [5, 5.41) is 10.1. The lowest BCUT2D eigenvalue weighted by atomic mass is 9.98. The van der Waals surface area contributed by atoms with Crippen LogP contribution in [0.1, 0.15) is 36.6 Å². The van der Waals surface area contributed by atoms with E-state index in [2.05, 4.69) is 26.0 Å². The minimum Gasteiger partial charge on any atom is -0.472 e. The first-order chi connectivity index (χ1) is 8.65. The third-order valence-corrected chi connectivity index (χ3v) is 3.02. The van der Waals surface area contributed by atoms with Crippen molar-refractivity contribution >= 4 is 0 Å². The van der Waals surface area contributed by atoms with Crippen LogP contribution in [0.5, 0.6) is 0 Å². The van der Waals surface area contributed by atoms with Gasteiger partial charge in [-0.15, -0.1) is 0 Å². The number of hydrogen-bond donors (Lipinski definition) is 1. The number of rotatable bonds is 5. The Balaban J connectivity index is 2.00. The molecule has 0 amide bonds. The number of benzene rings is 1. The molecule has 0 bridgehead atoms. The van der Waals surface area contributed by atoms with Gasteiger partial charge >= 0.3 is 0 Å². The van der Waals surface area contributed by atoms with Gasteiger partial charge in [0.15, 0.2) is 0 Å². The van der Waals surface area contributed by atoms with Crippen molar-refractivity contribution in [3.05, 3.63) is 59.5 Å². The van der Waals surface area contributed by atoms with Crippen molar-refractivity contribution in [1.29, 1.82) is 0 Å². The molecule has 0 fully saturated rings. The molecule has 0 aliphatic heterocycles. The van der Waals surface area contributed by atoms with Gasteiger partial charge in [0.2, 0.25) is 0 Å². The Morgan fingerprint density at radius 2 is 1.72 bits per heavy atom. The van der Waals surface area contributed by atoms with Crippen molar-refractivity contribution in [2.75, 3.05) is 0 Å². The molecule has 0 spiro atoms. The molecule has 18 heavy (non-hydrogen) atoms. The van der Waals surface area contributed by atoms with Gasteiger partial charge in [-0.2, -0.15) is 0 Å². The quantitative estimate of drug-likeness (QED) is 0.869. The Morgan fingerprint density at radius 1 is 1.00 bits per heavy atom. The highest BCUT2D eigenvalue weighted by molar-refractivity contribution is 5.25. The molecular weight excluding hydrogens is 224 g/mol. The third kappa shape index (κ3) is 3.47. The van der Waals surface area contributed by atoms with Crippen LogP contribution < -0.4 is 0 Å². The van der Waals surface area contributed by atoms with Gasteiger partial charge in [0.05, 0.1) is 18.6 Å². The first-order valence-corrected chi connectivity index (χ1v) is 6.43. The Morgan fingerprint density at radius 3 is 2.28 bits per heavy atom. The zero-order chi connectivity index (χ0) is 13.0. The van der Waals surface area contributed by atoms with Gasteiger partial charge in [0.25, 0.3) is 0 Å². The van der Waals surface area contributed by atoms with Gasteiger partial charge in [-0.05, 0) is 35.1 Å². The minimum atomic E-state index is -0.462. The maximum Gasteiger partial charge on any atom is 0.0935 e. The summed E-state index contributed by atoms with van der Waals surface area (Å²) >= 11 is 0. The van der Waals surface area contributed by atoms with Gasteiger partial charge in [-0.3, -0.25) is 0 Å². The van der Waals surface area contributed by atoms with Gasteiger partial charge in [-0.25, -0.2) is 0 Å². The van der Waals surface area contributed by atoms with E-state index in [1.54, 1.807) is 12.5 Å². The fourth-order valence-electron chi connectivity index (χ4n) is 2.10. The highest BCUT2D eigenvalue weighted by Gasteiger charge is 2.09. The maximum absolute atomic E-state index is 10.1. The largest absolute Gasteiger partial charge is 0.472 e. The van der Waals surface area contributed by atoms with Crippen LogP contribution >= 0.6 is 0 Å². The maximum atomic E-state index is 10.1. The normalized spacial score (nSPS) is 12.9. The number of aliphatic hydroxyl groups excluding tert-OH is 1. The Labute approximate surface area is 108 Å². The van der Waals surface area contributed by atoms with E-state index in [9.17, 15) is 5.11 Å². The Kier molecular flexibility index (Phi) is 4.21. The van der Waals surface area contributed by atoms with Gasteiger partial charge in [0.1, 0.15) is 0 Å². The molecule has 1 atom stereocenters. The van der Waals surface area contributed by atoms with E-state index >= 15 is 0 Å². The summed E-state index contributed by atoms with van der Waals surface area (Å²) in [5.74, 6) is 0.659. The number of aliphatic hydroxyl groups is 1. The zero-order valence-corrected chi connectivity index (χ0v) is 11.0. The Bertz CT molecular complexity index is 454. The monoisotopic (exact) mass is 244 g/mol. The molecule has 1 unspecified atom stereocenters. The Hall–Kier alpha value is -1.54. The first kappa shape index (κ1) is 12.9. The highest BCUT2D eigenvalue weighted by atomic mass is 16.3. The average Bonchev–Trinajstić information content (AvgIpc) is 2.82. The predicted octanol–water partition coefficient (Wildman–Crippen LogP) is 3.75. The summed E-state index contributed by atoms with van der Waals surface area (Å²) in [6, 6.07) is 10.1. The fraction of sp³-hybridized carbons (Fsp3) is 0.375. The van der Waals surface area contributed by atoms with E-state index in [0.717, 1.165) is 17.5 Å². The molecule has 0 saturated carbocycles. The summed E-state index contributed by atoms with van der Waals surface area (Å²) in [5.41, 5.74) is 3.31. The molecule has 96 valence electrons. The van der Waals surface area contributed by atoms with Crippen molar-refractivity contribution < 1.29 is 9.52 Å². The predicted molar refractivity (Wildman–Crippen MR) is 72.4 cm³/mol. The molecule has 1 aromatic heterocycles. The lowest BCUT2D eigenvalue weighted by Crippen LogP contribution is -2.01. The average molecular weight is 244 g/mol. The topological polar surface area (TPSA) is 33.4 Å². The molecule has 0 radical (unpaired) electrons. The highest BCUT2D eigenvalue weighted by Crippen LogP contribution is 2.20. The van der Waals surface area contributed by atoms with Crippen LogP contribution in [0.15, 0.2) is 47.3 Å². The molecule has 1 aromatic carbocycles.